The van der Waals surface area contributed by atoms with Gasteiger partial charge in [-0.05, 0) is 36.7 Å². The molecule has 0 amide bonds. The van der Waals surface area contributed by atoms with Gasteiger partial charge in [0.05, 0.1) is 4.90 Å². The van der Waals surface area contributed by atoms with E-state index in [1.807, 2.05) is 0 Å². The molecule has 2 saturated carbocycles. The monoisotopic (exact) mass is 360 g/mol. The van der Waals surface area contributed by atoms with Crippen molar-refractivity contribution in [1.29, 1.82) is 0 Å². The Labute approximate surface area is 140 Å². The molecule has 1 aromatic heterocycles. The van der Waals surface area contributed by atoms with E-state index >= 15 is 0 Å². The topological polar surface area (TPSA) is 59.4 Å². The maximum atomic E-state index is 13.3. The van der Waals surface area contributed by atoms with Crippen molar-refractivity contribution in [2.24, 2.45) is 11.3 Å². The van der Waals surface area contributed by atoms with Crippen molar-refractivity contribution in [2.45, 2.75) is 49.5 Å². The number of rotatable bonds is 4. The Hall–Kier alpha value is -1.28. The van der Waals surface area contributed by atoms with Crippen LogP contribution in [0, 0.1) is 11.3 Å². The molecule has 1 unspecified atom stereocenters. The van der Waals surface area contributed by atoms with Crippen LogP contribution in [0.2, 0.25) is 0 Å². The van der Waals surface area contributed by atoms with E-state index in [4.69, 9.17) is 0 Å². The fourth-order valence-electron chi connectivity index (χ4n) is 3.67. The Morgan fingerprint density at radius 1 is 1.21 bits per heavy atom. The van der Waals surface area contributed by atoms with E-state index in [1.54, 1.807) is 0 Å². The zero-order valence-corrected chi connectivity index (χ0v) is 14.7. The average molecular weight is 360 g/mol. The number of halogens is 2. The van der Waals surface area contributed by atoms with Crippen LogP contribution in [-0.4, -0.2) is 37.3 Å². The highest BCUT2D eigenvalue weighted by Crippen LogP contribution is 2.63. The lowest BCUT2D eigenvalue weighted by molar-refractivity contribution is -0.0520. The Morgan fingerprint density at radius 3 is 2.42 bits per heavy atom. The first kappa shape index (κ1) is 17.5. The van der Waals surface area contributed by atoms with Crippen molar-refractivity contribution in [3.8, 4) is 0 Å². The lowest BCUT2D eigenvalue weighted by Crippen LogP contribution is -2.29. The average Bonchev–Trinajstić information content (AvgIpc) is 3.17. The van der Waals surface area contributed by atoms with Gasteiger partial charge in [0.1, 0.15) is 0 Å². The molecule has 0 aromatic carbocycles. The summed E-state index contributed by atoms with van der Waals surface area (Å²) in [4.78, 5) is 12.1. The molecule has 2 aliphatic rings. The number of aromatic nitrogens is 1. The third-order valence-electron chi connectivity index (χ3n) is 5.49. The Bertz CT molecular complexity index is 792. The van der Waals surface area contributed by atoms with Gasteiger partial charge in [0.15, 0.2) is 0 Å². The SMILES string of the molecule is CN(C)S(=O)(=O)c1ccc(=O)n(CC2CC23CCC(F)(F)CC3)c1. The molecular formula is C16H22F2N2O3S. The van der Waals surface area contributed by atoms with Crippen molar-refractivity contribution in [1.82, 2.24) is 8.87 Å². The molecule has 5 nitrogen and oxygen atoms in total. The van der Waals surface area contributed by atoms with Crippen LogP contribution in [-0.2, 0) is 16.6 Å². The Kier molecular flexibility index (Phi) is 4.11. The molecule has 0 radical (unpaired) electrons. The standard InChI is InChI=1S/C16H22F2N2O3S/c1-19(2)24(22,23)13-3-4-14(21)20(11-13)10-12-9-15(12)5-7-16(17,18)8-6-15/h3-4,11-12H,5-10H2,1-2H3. The first-order valence-electron chi connectivity index (χ1n) is 8.07. The molecule has 0 saturated heterocycles. The lowest BCUT2D eigenvalue weighted by atomic mass is 9.82. The fraction of sp³-hybridized carbons (Fsp3) is 0.688. The minimum absolute atomic E-state index is 0.0666. The van der Waals surface area contributed by atoms with Gasteiger partial charge in [-0.15, -0.1) is 0 Å². The van der Waals surface area contributed by atoms with Crippen LogP contribution in [0.4, 0.5) is 8.78 Å². The van der Waals surface area contributed by atoms with Gasteiger partial charge in [0.25, 0.3) is 5.56 Å². The van der Waals surface area contributed by atoms with Crippen molar-refractivity contribution in [2.75, 3.05) is 14.1 Å². The Morgan fingerprint density at radius 2 is 1.83 bits per heavy atom. The van der Waals surface area contributed by atoms with E-state index in [1.165, 1.54) is 37.0 Å². The van der Waals surface area contributed by atoms with Gasteiger partial charge in [0.2, 0.25) is 15.9 Å². The van der Waals surface area contributed by atoms with Gasteiger partial charge < -0.3 is 4.57 Å². The summed E-state index contributed by atoms with van der Waals surface area (Å²) in [6, 6.07) is 2.55. The molecule has 134 valence electrons. The molecule has 0 N–H and O–H groups in total. The first-order chi connectivity index (χ1) is 11.1. The van der Waals surface area contributed by atoms with Crippen LogP contribution < -0.4 is 5.56 Å². The van der Waals surface area contributed by atoms with Crippen molar-refractivity contribution in [3.63, 3.8) is 0 Å². The summed E-state index contributed by atoms with van der Waals surface area (Å²) in [5.74, 6) is -2.39. The summed E-state index contributed by atoms with van der Waals surface area (Å²) in [5, 5.41) is 0. The number of hydrogen-bond donors (Lipinski definition) is 0. The van der Waals surface area contributed by atoms with Crippen LogP contribution >= 0.6 is 0 Å². The summed E-state index contributed by atoms with van der Waals surface area (Å²) in [6.07, 6.45) is 2.98. The largest absolute Gasteiger partial charge is 0.314 e. The third-order valence-corrected chi connectivity index (χ3v) is 7.29. The van der Waals surface area contributed by atoms with E-state index in [9.17, 15) is 22.0 Å². The van der Waals surface area contributed by atoms with Crippen molar-refractivity contribution in [3.05, 3.63) is 28.7 Å². The maximum Gasteiger partial charge on any atom is 0.250 e. The normalized spacial score (nSPS) is 25.1. The third kappa shape index (κ3) is 3.13. The second-order valence-corrected chi connectivity index (χ2v) is 9.41. The summed E-state index contributed by atoms with van der Waals surface area (Å²) >= 11 is 0. The summed E-state index contributed by atoms with van der Waals surface area (Å²) in [5.41, 5.74) is -0.353. The van der Waals surface area contributed by atoms with Gasteiger partial charge in [-0.2, -0.15) is 0 Å². The van der Waals surface area contributed by atoms with Gasteiger partial charge in [0, 0.05) is 45.7 Å². The molecular weight excluding hydrogens is 338 g/mol. The molecule has 8 heteroatoms. The zero-order valence-electron chi connectivity index (χ0n) is 13.8. The second kappa shape index (κ2) is 5.62. The maximum absolute atomic E-state index is 13.3. The predicted molar refractivity (Wildman–Crippen MR) is 85.5 cm³/mol. The number of sulfonamides is 1. The number of pyridine rings is 1. The van der Waals surface area contributed by atoms with E-state index in [2.05, 4.69) is 0 Å². The highest BCUT2D eigenvalue weighted by atomic mass is 32.2. The lowest BCUT2D eigenvalue weighted by Gasteiger charge is -2.29. The molecule has 2 fully saturated rings. The van der Waals surface area contributed by atoms with E-state index < -0.39 is 15.9 Å². The molecule has 1 atom stereocenters. The van der Waals surface area contributed by atoms with Gasteiger partial charge in [-0.1, -0.05) is 0 Å². The molecule has 3 rings (SSSR count). The first-order valence-corrected chi connectivity index (χ1v) is 9.51. The van der Waals surface area contributed by atoms with E-state index in [-0.39, 0.29) is 34.6 Å². The number of alkyl halides is 2. The van der Waals surface area contributed by atoms with E-state index in [0.29, 0.717) is 19.4 Å². The molecule has 2 aliphatic carbocycles. The highest BCUT2D eigenvalue weighted by molar-refractivity contribution is 7.89. The van der Waals surface area contributed by atoms with Crippen molar-refractivity contribution >= 4 is 10.0 Å². The summed E-state index contributed by atoms with van der Waals surface area (Å²) < 4.78 is 53.5. The number of hydrogen-bond acceptors (Lipinski definition) is 3. The minimum atomic E-state index is -3.61. The van der Waals surface area contributed by atoms with Crippen LogP contribution in [0.1, 0.15) is 32.1 Å². The molecule has 1 heterocycles. The molecule has 0 aliphatic heterocycles. The molecule has 1 spiro atoms. The van der Waals surface area contributed by atoms with E-state index in [0.717, 1.165) is 10.7 Å². The number of nitrogens with zero attached hydrogens (tertiary/aromatic N) is 2. The molecule has 0 bridgehead atoms. The van der Waals surface area contributed by atoms with Crippen LogP contribution in [0.25, 0.3) is 0 Å². The fourth-order valence-corrected chi connectivity index (χ4v) is 4.59. The summed E-state index contributed by atoms with van der Waals surface area (Å²) in [6.45, 7) is 0.390. The zero-order chi connectivity index (χ0) is 17.8. The molecule has 1 aromatic rings. The van der Waals surface area contributed by atoms with Gasteiger partial charge in [-0.25, -0.2) is 21.5 Å². The predicted octanol–water partition coefficient (Wildman–Crippen LogP) is 2.31. The van der Waals surface area contributed by atoms with Crippen LogP contribution in [0.3, 0.4) is 0 Å². The van der Waals surface area contributed by atoms with Gasteiger partial charge >= 0.3 is 0 Å². The highest BCUT2D eigenvalue weighted by Gasteiger charge is 2.57. The quantitative estimate of drug-likeness (QED) is 0.828. The summed E-state index contributed by atoms with van der Waals surface area (Å²) in [7, 11) is -0.739. The second-order valence-electron chi connectivity index (χ2n) is 7.26. The van der Waals surface area contributed by atoms with Crippen molar-refractivity contribution < 1.29 is 17.2 Å². The minimum Gasteiger partial charge on any atom is -0.314 e. The van der Waals surface area contributed by atoms with Gasteiger partial charge in [-0.3, -0.25) is 4.79 Å². The molecule has 24 heavy (non-hydrogen) atoms. The smallest absolute Gasteiger partial charge is 0.250 e. The van der Waals surface area contributed by atoms with Crippen LogP contribution in [0.5, 0.6) is 0 Å². The Balaban J connectivity index is 1.77. The van der Waals surface area contributed by atoms with Crippen LogP contribution in [0.15, 0.2) is 28.0 Å².